The van der Waals surface area contributed by atoms with Crippen LogP contribution in [-0.2, 0) is 27.9 Å². The number of phosphoric acid groups is 1. The molecule has 0 saturated carbocycles. The molecule has 0 fully saturated rings. The summed E-state index contributed by atoms with van der Waals surface area (Å²) in [5.74, 6) is -0.547. The van der Waals surface area contributed by atoms with Crippen LogP contribution >= 0.6 is 7.82 Å². The van der Waals surface area contributed by atoms with Gasteiger partial charge in [0.1, 0.15) is 19.3 Å². The molecule has 0 aromatic carbocycles. The van der Waals surface area contributed by atoms with Gasteiger partial charge in [-0.2, -0.15) is 0 Å². The minimum Gasteiger partial charge on any atom is -0.456 e. The van der Waals surface area contributed by atoms with Crippen LogP contribution in [0, 0.1) is 0 Å². The third-order valence-corrected chi connectivity index (χ3v) is 14.1. The zero-order valence-corrected chi connectivity index (χ0v) is 49.7. The summed E-state index contributed by atoms with van der Waals surface area (Å²) in [6.45, 7) is 6.85. The minimum absolute atomic E-state index is 0.0298. The average molecular weight is 1060 g/mol. The maximum atomic E-state index is 13.5. The number of nitrogens with one attached hydrogen (secondary N) is 1. The Morgan fingerprint density at radius 2 is 0.865 bits per heavy atom. The summed E-state index contributed by atoms with van der Waals surface area (Å²) in [6, 6.07) is -0.870. The number of unbranched alkanes of at least 4 members (excludes halogenated alkanes) is 26. The van der Waals surface area contributed by atoms with Crippen molar-refractivity contribution in [1.29, 1.82) is 0 Å². The van der Waals surface area contributed by atoms with Gasteiger partial charge in [0.25, 0.3) is 0 Å². The summed E-state index contributed by atoms with van der Waals surface area (Å²) in [4.78, 5) is 37.7. The molecule has 0 aromatic rings. The van der Waals surface area contributed by atoms with Gasteiger partial charge in [-0.1, -0.05) is 228 Å². The van der Waals surface area contributed by atoms with Crippen LogP contribution in [0.3, 0.4) is 0 Å². The van der Waals surface area contributed by atoms with Crippen molar-refractivity contribution in [2.24, 2.45) is 0 Å². The van der Waals surface area contributed by atoms with Crippen LogP contribution in [0.25, 0.3) is 0 Å². The highest BCUT2D eigenvalue weighted by molar-refractivity contribution is 7.47. The molecule has 0 aliphatic rings. The standard InChI is InChI=1S/C64H115N2O7P/c1-7-10-13-16-19-22-25-28-30-32-33-34-36-39-42-45-48-51-54-57-64(68)73-62(55-52-49-46-43-40-37-27-24-21-18-15-12-9-3)61(60-72-74(69,70)71-59-58-66(4,5)6)65-63(67)56-53-50-47-44-41-38-35-31-29-26-23-20-17-14-11-8-2/h11,14,19-20,22-23,28-31,38,41,52,55,61-62H,7-10,12-13,15-18,21,24-27,32-37,39-40,42-51,53-54,56-60H2,1-6H3,(H-,65,67,69,70)/p+1/b14-11+,22-19-,23-20+,30-28-,31-29+,41-38+,55-52+. The fraction of sp³-hybridized carbons (Fsp3) is 0.750. The van der Waals surface area contributed by atoms with Crippen molar-refractivity contribution in [1.82, 2.24) is 5.32 Å². The molecule has 9 nitrogen and oxygen atoms in total. The van der Waals surface area contributed by atoms with Crippen LogP contribution in [0.15, 0.2) is 85.1 Å². The molecule has 10 heteroatoms. The molecule has 428 valence electrons. The number of ether oxygens (including phenoxy) is 1. The minimum atomic E-state index is -4.46. The number of nitrogens with zero attached hydrogens (tertiary/aromatic N) is 1. The Morgan fingerprint density at radius 1 is 0.486 bits per heavy atom. The Kier molecular flexibility index (Phi) is 51.5. The molecule has 3 atom stereocenters. The first-order chi connectivity index (χ1) is 35.9. The smallest absolute Gasteiger partial charge is 0.456 e. The number of hydrogen-bond donors (Lipinski definition) is 2. The number of hydrogen-bond acceptors (Lipinski definition) is 6. The van der Waals surface area contributed by atoms with E-state index in [1.807, 2.05) is 33.3 Å². The second-order valence-corrected chi connectivity index (χ2v) is 22.9. The average Bonchev–Trinajstić information content (AvgIpc) is 3.36. The van der Waals surface area contributed by atoms with Gasteiger partial charge >= 0.3 is 13.8 Å². The van der Waals surface area contributed by atoms with Crippen molar-refractivity contribution in [2.75, 3.05) is 40.9 Å². The number of carbonyl (C=O) groups excluding carboxylic acids is 2. The monoisotopic (exact) mass is 1060 g/mol. The summed E-state index contributed by atoms with van der Waals surface area (Å²) < 4.78 is 30.7. The fourth-order valence-corrected chi connectivity index (χ4v) is 9.11. The molecule has 0 spiro atoms. The number of allylic oxidation sites excluding steroid dienone is 13. The van der Waals surface area contributed by atoms with E-state index in [1.54, 1.807) is 0 Å². The molecule has 1 amide bonds. The van der Waals surface area contributed by atoms with E-state index in [0.717, 1.165) is 103 Å². The Balaban J connectivity index is 5.36. The Morgan fingerprint density at radius 3 is 1.34 bits per heavy atom. The lowest BCUT2D eigenvalue weighted by Crippen LogP contribution is -2.47. The number of likely N-dealkylation sites (N-methyl/N-ethyl adjacent to an activating group) is 1. The van der Waals surface area contributed by atoms with Gasteiger partial charge in [-0.05, 0) is 102 Å². The summed E-state index contributed by atoms with van der Waals surface area (Å²) in [5, 5.41) is 3.03. The molecule has 2 N–H and O–H groups in total. The molecular weight excluding hydrogens is 940 g/mol. The highest BCUT2D eigenvalue weighted by Crippen LogP contribution is 2.43. The predicted molar refractivity (Wildman–Crippen MR) is 318 cm³/mol. The van der Waals surface area contributed by atoms with Crippen molar-refractivity contribution in [3.8, 4) is 0 Å². The molecule has 0 rings (SSSR count). The predicted octanol–water partition coefficient (Wildman–Crippen LogP) is 18.6. The Hall–Kier alpha value is -2.81. The first-order valence-corrected chi connectivity index (χ1v) is 31.9. The van der Waals surface area contributed by atoms with Gasteiger partial charge in [0.15, 0.2) is 0 Å². The van der Waals surface area contributed by atoms with Crippen LogP contribution < -0.4 is 5.32 Å². The van der Waals surface area contributed by atoms with Crippen LogP contribution in [0.1, 0.15) is 258 Å². The lowest BCUT2D eigenvalue weighted by molar-refractivity contribution is -0.870. The zero-order valence-electron chi connectivity index (χ0n) is 48.8. The molecule has 0 heterocycles. The molecular formula is C64H116N2O7P+. The van der Waals surface area contributed by atoms with E-state index in [1.165, 1.54) is 116 Å². The van der Waals surface area contributed by atoms with E-state index in [0.29, 0.717) is 23.9 Å². The van der Waals surface area contributed by atoms with Gasteiger partial charge in [0, 0.05) is 12.8 Å². The highest BCUT2D eigenvalue weighted by Gasteiger charge is 2.30. The molecule has 0 radical (unpaired) electrons. The lowest BCUT2D eigenvalue weighted by atomic mass is 10.0. The quantitative estimate of drug-likeness (QED) is 0.0205. The maximum absolute atomic E-state index is 13.5. The van der Waals surface area contributed by atoms with E-state index in [4.69, 9.17) is 13.8 Å². The van der Waals surface area contributed by atoms with Gasteiger partial charge in [-0.25, -0.2) is 4.57 Å². The summed E-state index contributed by atoms with van der Waals surface area (Å²) in [7, 11) is 1.46. The first-order valence-electron chi connectivity index (χ1n) is 30.4. The molecule has 0 aliphatic carbocycles. The van der Waals surface area contributed by atoms with E-state index >= 15 is 0 Å². The number of phosphoric ester groups is 1. The van der Waals surface area contributed by atoms with Crippen molar-refractivity contribution in [2.45, 2.75) is 270 Å². The Bertz CT molecular complexity index is 1540. The summed E-state index contributed by atoms with van der Waals surface area (Å²) >= 11 is 0. The SMILES string of the molecule is CC/C=C/C/C=C/C/C=C/C/C=C/CCCCCC(=O)NC(COP(=O)(O)OCC[N+](C)(C)C)C(/C=C/CCCCCCCCCCCCC)OC(=O)CCCCCCCCCCC/C=C\C/C=C\CCCCC. The molecule has 0 aliphatic heterocycles. The number of rotatable bonds is 54. The van der Waals surface area contributed by atoms with Crippen molar-refractivity contribution in [3.63, 3.8) is 0 Å². The molecule has 3 unspecified atom stereocenters. The fourth-order valence-electron chi connectivity index (χ4n) is 8.37. The van der Waals surface area contributed by atoms with Crippen LogP contribution in [0.2, 0.25) is 0 Å². The van der Waals surface area contributed by atoms with Gasteiger partial charge in [-0.15, -0.1) is 0 Å². The van der Waals surface area contributed by atoms with E-state index in [9.17, 15) is 19.0 Å². The number of carbonyl (C=O) groups is 2. The zero-order chi connectivity index (χ0) is 54.3. The van der Waals surface area contributed by atoms with Gasteiger partial charge in [0.2, 0.25) is 5.91 Å². The van der Waals surface area contributed by atoms with Crippen molar-refractivity contribution >= 4 is 19.7 Å². The van der Waals surface area contributed by atoms with Crippen LogP contribution in [-0.4, -0.2) is 74.3 Å². The van der Waals surface area contributed by atoms with Crippen molar-refractivity contribution < 1.29 is 37.3 Å². The molecule has 0 bridgehead atoms. The highest BCUT2D eigenvalue weighted by atomic mass is 31.2. The third-order valence-electron chi connectivity index (χ3n) is 13.1. The molecule has 0 saturated heterocycles. The van der Waals surface area contributed by atoms with E-state index in [2.05, 4.69) is 99.0 Å². The van der Waals surface area contributed by atoms with Crippen LogP contribution in [0.4, 0.5) is 0 Å². The van der Waals surface area contributed by atoms with Crippen molar-refractivity contribution in [3.05, 3.63) is 85.1 Å². The molecule has 0 aromatic heterocycles. The van der Waals surface area contributed by atoms with Crippen LogP contribution in [0.5, 0.6) is 0 Å². The van der Waals surface area contributed by atoms with E-state index in [-0.39, 0.29) is 31.5 Å². The second kappa shape index (κ2) is 53.6. The Labute approximate surface area is 456 Å². The summed E-state index contributed by atoms with van der Waals surface area (Å²) in [6.07, 6.45) is 70.0. The number of amides is 1. The normalized spacial score (nSPS) is 14.3. The third kappa shape index (κ3) is 54.0. The number of quaternary nitrogens is 1. The molecule has 74 heavy (non-hydrogen) atoms. The topological polar surface area (TPSA) is 111 Å². The first kappa shape index (κ1) is 71.2. The van der Waals surface area contributed by atoms with E-state index < -0.39 is 20.0 Å². The van der Waals surface area contributed by atoms with Gasteiger partial charge in [-0.3, -0.25) is 18.6 Å². The maximum Gasteiger partial charge on any atom is 0.472 e. The van der Waals surface area contributed by atoms with Gasteiger partial charge in [0.05, 0.1) is 33.8 Å². The largest absolute Gasteiger partial charge is 0.472 e. The number of esters is 1. The lowest BCUT2D eigenvalue weighted by Gasteiger charge is -2.27. The van der Waals surface area contributed by atoms with Gasteiger partial charge < -0.3 is 19.4 Å². The second-order valence-electron chi connectivity index (χ2n) is 21.5. The summed E-state index contributed by atoms with van der Waals surface area (Å²) in [5.41, 5.74) is 0.